The Balaban J connectivity index is 1.56. The minimum Gasteiger partial charge on any atom is -0.480 e. The number of piperazine rings is 1. The number of hydrogen-bond donors (Lipinski definition) is 2. The lowest BCUT2D eigenvalue weighted by atomic mass is 9.52. The van der Waals surface area contributed by atoms with Crippen molar-refractivity contribution in [2.45, 2.75) is 50.1 Å². The van der Waals surface area contributed by atoms with E-state index in [2.05, 4.69) is 10.2 Å². The summed E-state index contributed by atoms with van der Waals surface area (Å²) in [6.45, 7) is 2.58. The highest BCUT2D eigenvalue weighted by Crippen LogP contribution is 2.57. The molecule has 0 spiro atoms. The van der Waals surface area contributed by atoms with Crippen LogP contribution in [0.4, 0.5) is 0 Å². The highest BCUT2D eigenvalue weighted by Gasteiger charge is 2.54. The number of nitrogens with zero attached hydrogens (tertiary/aromatic N) is 1. The van der Waals surface area contributed by atoms with Crippen molar-refractivity contribution in [1.29, 1.82) is 0 Å². The fourth-order valence-electron chi connectivity index (χ4n) is 5.80. The first-order chi connectivity index (χ1) is 9.14. The highest BCUT2D eigenvalue weighted by atomic mass is 16.4. The van der Waals surface area contributed by atoms with Gasteiger partial charge in [-0.2, -0.15) is 0 Å². The Morgan fingerprint density at radius 3 is 2.21 bits per heavy atom. The van der Waals surface area contributed by atoms with Gasteiger partial charge in [0.05, 0.1) is 0 Å². The normalized spacial score (nSPS) is 49.5. The molecule has 5 fully saturated rings. The van der Waals surface area contributed by atoms with E-state index in [1.54, 1.807) is 0 Å². The van der Waals surface area contributed by atoms with Gasteiger partial charge >= 0.3 is 5.97 Å². The summed E-state index contributed by atoms with van der Waals surface area (Å²) in [6.07, 6.45) is 8.37. The molecular weight excluding hydrogens is 240 g/mol. The van der Waals surface area contributed by atoms with Gasteiger partial charge in [0.2, 0.25) is 0 Å². The second-order valence-electron chi connectivity index (χ2n) is 7.43. The highest BCUT2D eigenvalue weighted by molar-refractivity contribution is 5.73. The van der Waals surface area contributed by atoms with Gasteiger partial charge in [-0.3, -0.25) is 9.69 Å². The van der Waals surface area contributed by atoms with Crippen LogP contribution >= 0.6 is 0 Å². The molecule has 0 amide bonds. The summed E-state index contributed by atoms with van der Waals surface area (Å²) in [7, 11) is 0. The Bertz CT molecular complexity index is 360. The molecule has 1 heterocycles. The van der Waals surface area contributed by atoms with Crippen molar-refractivity contribution in [3.63, 3.8) is 0 Å². The summed E-state index contributed by atoms with van der Waals surface area (Å²) in [5.41, 5.74) is 0.366. The van der Waals surface area contributed by atoms with E-state index in [0.717, 1.165) is 30.8 Å². The molecule has 0 radical (unpaired) electrons. The molecule has 1 unspecified atom stereocenters. The lowest BCUT2D eigenvalue weighted by Crippen LogP contribution is -2.66. The summed E-state index contributed by atoms with van der Waals surface area (Å²) in [5.74, 6) is 2.12. The van der Waals surface area contributed by atoms with Gasteiger partial charge in [-0.15, -0.1) is 0 Å². The SMILES string of the molecule is O=C(O)C1CN(C23CC4CC(CC(C4)C2)C3)CCN1. The zero-order chi connectivity index (χ0) is 13.0. The van der Waals surface area contributed by atoms with E-state index in [1.807, 2.05) is 0 Å². The molecule has 0 aromatic carbocycles. The van der Waals surface area contributed by atoms with Crippen LogP contribution in [-0.2, 0) is 4.79 Å². The zero-order valence-electron chi connectivity index (χ0n) is 11.5. The first-order valence-electron chi connectivity index (χ1n) is 7.86. The van der Waals surface area contributed by atoms with E-state index in [4.69, 9.17) is 0 Å². The number of hydrogen-bond acceptors (Lipinski definition) is 3. The first kappa shape index (κ1) is 12.2. The number of carbonyl (C=O) groups is 1. The van der Waals surface area contributed by atoms with E-state index in [9.17, 15) is 9.90 Å². The molecule has 4 bridgehead atoms. The summed E-state index contributed by atoms with van der Waals surface area (Å²) in [5, 5.41) is 12.4. The monoisotopic (exact) mass is 264 g/mol. The molecule has 1 saturated heterocycles. The molecular formula is C15H24N2O2. The Kier molecular flexibility index (Phi) is 2.68. The van der Waals surface area contributed by atoms with Crippen molar-refractivity contribution in [3.8, 4) is 0 Å². The number of carboxylic acid groups (broad SMARTS) is 1. The molecule has 19 heavy (non-hydrogen) atoms. The Morgan fingerprint density at radius 2 is 1.68 bits per heavy atom. The topological polar surface area (TPSA) is 52.6 Å². The molecule has 2 N–H and O–H groups in total. The molecule has 0 aromatic heterocycles. The third-order valence-electron chi connectivity index (χ3n) is 6.15. The molecule has 5 rings (SSSR count). The lowest BCUT2D eigenvalue weighted by molar-refractivity contribution is -0.144. The van der Waals surface area contributed by atoms with Crippen LogP contribution < -0.4 is 5.32 Å². The van der Waals surface area contributed by atoms with Gasteiger partial charge in [0.1, 0.15) is 6.04 Å². The van der Waals surface area contributed by atoms with Crippen LogP contribution in [0.1, 0.15) is 38.5 Å². The van der Waals surface area contributed by atoms with E-state index < -0.39 is 5.97 Å². The van der Waals surface area contributed by atoms with Crippen LogP contribution in [0.3, 0.4) is 0 Å². The van der Waals surface area contributed by atoms with Gasteiger partial charge in [-0.25, -0.2) is 0 Å². The third-order valence-corrected chi connectivity index (χ3v) is 6.15. The van der Waals surface area contributed by atoms with Gasteiger partial charge in [-0.05, 0) is 56.3 Å². The number of aliphatic carboxylic acids is 1. The van der Waals surface area contributed by atoms with Gasteiger partial charge in [0, 0.05) is 25.2 Å². The molecule has 1 atom stereocenters. The average Bonchev–Trinajstić information content (AvgIpc) is 2.37. The van der Waals surface area contributed by atoms with Crippen LogP contribution in [0.2, 0.25) is 0 Å². The van der Waals surface area contributed by atoms with Crippen LogP contribution in [0.5, 0.6) is 0 Å². The minimum absolute atomic E-state index is 0.359. The Morgan fingerprint density at radius 1 is 1.11 bits per heavy atom. The maximum absolute atomic E-state index is 11.2. The molecule has 4 heteroatoms. The summed E-state index contributed by atoms with van der Waals surface area (Å²) in [6, 6.07) is -0.359. The quantitative estimate of drug-likeness (QED) is 0.789. The van der Waals surface area contributed by atoms with Gasteiger partial charge in [0.25, 0.3) is 0 Å². The largest absolute Gasteiger partial charge is 0.480 e. The molecule has 0 aromatic rings. The van der Waals surface area contributed by atoms with Crippen LogP contribution in [0.15, 0.2) is 0 Å². The second kappa shape index (κ2) is 4.19. The van der Waals surface area contributed by atoms with Gasteiger partial charge in [0.15, 0.2) is 0 Å². The molecule has 1 aliphatic heterocycles. The van der Waals surface area contributed by atoms with Crippen molar-refractivity contribution in [2.75, 3.05) is 19.6 Å². The molecule has 4 nitrogen and oxygen atoms in total. The van der Waals surface area contributed by atoms with Crippen molar-refractivity contribution < 1.29 is 9.90 Å². The molecule has 4 aliphatic carbocycles. The Labute approximate surface area is 114 Å². The standard InChI is InChI=1S/C15H24N2O2/c18-14(19)13-9-17(2-1-16-13)15-6-10-3-11(7-15)5-12(4-10)8-15/h10-13,16H,1-9H2,(H,18,19). The van der Waals surface area contributed by atoms with Crippen molar-refractivity contribution in [1.82, 2.24) is 10.2 Å². The maximum atomic E-state index is 11.2. The first-order valence-corrected chi connectivity index (χ1v) is 7.86. The van der Waals surface area contributed by atoms with E-state index in [0.29, 0.717) is 12.1 Å². The smallest absolute Gasteiger partial charge is 0.322 e. The van der Waals surface area contributed by atoms with E-state index in [1.165, 1.54) is 38.5 Å². The molecule has 5 aliphatic rings. The zero-order valence-corrected chi connectivity index (χ0v) is 11.5. The fraction of sp³-hybridized carbons (Fsp3) is 0.933. The minimum atomic E-state index is -0.686. The summed E-state index contributed by atoms with van der Waals surface area (Å²) >= 11 is 0. The Hall–Kier alpha value is -0.610. The third kappa shape index (κ3) is 1.91. The summed E-state index contributed by atoms with van der Waals surface area (Å²) in [4.78, 5) is 13.8. The van der Waals surface area contributed by atoms with Crippen molar-refractivity contribution in [2.24, 2.45) is 17.8 Å². The van der Waals surface area contributed by atoms with E-state index in [-0.39, 0.29) is 6.04 Å². The van der Waals surface area contributed by atoms with Gasteiger partial charge in [-0.1, -0.05) is 0 Å². The van der Waals surface area contributed by atoms with Crippen molar-refractivity contribution >= 4 is 5.97 Å². The summed E-state index contributed by atoms with van der Waals surface area (Å²) < 4.78 is 0. The van der Waals surface area contributed by atoms with Gasteiger partial charge < -0.3 is 10.4 Å². The number of carboxylic acids is 1. The van der Waals surface area contributed by atoms with Crippen LogP contribution in [0.25, 0.3) is 0 Å². The average molecular weight is 264 g/mol. The molecule has 4 saturated carbocycles. The van der Waals surface area contributed by atoms with Crippen LogP contribution in [-0.4, -0.2) is 47.2 Å². The molecule has 106 valence electrons. The lowest BCUT2D eigenvalue weighted by Gasteiger charge is -2.61. The van der Waals surface area contributed by atoms with Crippen LogP contribution in [0, 0.1) is 17.8 Å². The van der Waals surface area contributed by atoms with E-state index >= 15 is 0 Å². The maximum Gasteiger partial charge on any atom is 0.322 e. The predicted octanol–water partition coefficient (Wildman–Crippen LogP) is 1.31. The second-order valence-corrected chi connectivity index (χ2v) is 7.43. The number of rotatable bonds is 2. The number of nitrogens with one attached hydrogen (secondary N) is 1. The van der Waals surface area contributed by atoms with Crippen molar-refractivity contribution in [3.05, 3.63) is 0 Å². The fourth-order valence-corrected chi connectivity index (χ4v) is 5.80. The predicted molar refractivity (Wildman–Crippen MR) is 71.9 cm³/mol.